The van der Waals surface area contributed by atoms with E-state index in [9.17, 15) is 4.79 Å². The fraction of sp³-hybridized carbons (Fsp3) is 0.261. The summed E-state index contributed by atoms with van der Waals surface area (Å²) in [5.74, 6) is 2.88. The highest BCUT2D eigenvalue weighted by molar-refractivity contribution is 6.12. The number of methoxy groups -OCH3 is 1. The van der Waals surface area contributed by atoms with E-state index in [1.54, 1.807) is 19.4 Å². The Morgan fingerprint density at radius 3 is 2.73 bits per heavy atom. The van der Waals surface area contributed by atoms with Crippen molar-refractivity contribution in [2.75, 3.05) is 22.6 Å². The lowest BCUT2D eigenvalue weighted by Gasteiger charge is -2.24. The summed E-state index contributed by atoms with van der Waals surface area (Å²) in [5, 5.41) is 6.46. The Labute approximate surface area is 175 Å². The van der Waals surface area contributed by atoms with E-state index in [4.69, 9.17) is 9.72 Å². The first-order valence-corrected chi connectivity index (χ1v) is 10.1. The van der Waals surface area contributed by atoms with Crippen LogP contribution in [0.1, 0.15) is 34.3 Å². The maximum absolute atomic E-state index is 12.8. The summed E-state index contributed by atoms with van der Waals surface area (Å²) >= 11 is 0. The van der Waals surface area contributed by atoms with Gasteiger partial charge in [0.1, 0.15) is 17.4 Å². The topological polar surface area (TPSA) is 79.4 Å². The van der Waals surface area contributed by atoms with Gasteiger partial charge in [0.05, 0.1) is 18.4 Å². The van der Waals surface area contributed by atoms with E-state index < -0.39 is 0 Å². The molecule has 152 valence electrons. The van der Waals surface area contributed by atoms with Crippen molar-refractivity contribution < 1.29 is 9.53 Å². The number of hydrogen-bond donors (Lipinski definition) is 2. The van der Waals surface area contributed by atoms with Crippen LogP contribution in [0.3, 0.4) is 0 Å². The largest absolute Gasteiger partial charge is 0.497 e. The molecule has 2 aromatic heterocycles. The Morgan fingerprint density at radius 2 is 2.00 bits per heavy atom. The van der Waals surface area contributed by atoms with Gasteiger partial charge in [-0.1, -0.05) is 12.1 Å². The van der Waals surface area contributed by atoms with Crippen LogP contribution in [0.2, 0.25) is 0 Å². The minimum absolute atomic E-state index is 0.147. The molecule has 7 heteroatoms. The van der Waals surface area contributed by atoms with Gasteiger partial charge in [0.15, 0.2) is 5.82 Å². The molecule has 7 nitrogen and oxygen atoms in total. The van der Waals surface area contributed by atoms with Crippen molar-refractivity contribution in [2.24, 2.45) is 0 Å². The van der Waals surface area contributed by atoms with Crippen molar-refractivity contribution in [3.05, 3.63) is 65.4 Å². The summed E-state index contributed by atoms with van der Waals surface area (Å²) in [4.78, 5) is 24.4. The number of carbonyl (C=O) groups is 1. The van der Waals surface area contributed by atoms with Crippen molar-refractivity contribution >= 4 is 29.0 Å². The molecule has 1 aliphatic carbocycles. The lowest BCUT2D eigenvalue weighted by molar-refractivity contribution is 0.102. The second-order valence-electron chi connectivity index (χ2n) is 7.65. The van der Waals surface area contributed by atoms with E-state index >= 15 is 0 Å². The van der Waals surface area contributed by atoms with Gasteiger partial charge >= 0.3 is 0 Å². The Morgan fingerprint density at radius 1 is 1.20 bits per heavy atom. The third-order valence-electron chi connectivity index (χ3n) is 5.47. The lowest BCUT2D eigenvalue weighted by atomic mass is 10.2. The minimum atomic E-state index is -0.147. The first-order valence-electron chi connectivity index (χ1n) is 10.1. The highest BCUT2D eigenvalue weighted by Crippen LogP contribution is 2.44. The fourth-order valence-electron chi connectivity index (χ4n) is 3.74. The molecular weight excluding hydrogens is 378 g/mol. The van der Waals surface area contributed by atoms with Gasteiger partial charge in [0, 0.05) is 18.8 Å². The molecule has 1 amide bonds. The van der Waals surface area contributed by atoms with Crippen LogP contribution in [-0.2, 0) is 6.54 Å². The van der Waals surface area contributed by atoms with Crippen LogP contribution in [0, 0.1) is 6.92 Å². The monoisotopic (exact) mass is 401 g/mol. The Bertz CT molecular complexity index is 1110. The molecular formula is C23H23N5O2. The smallest absolute Gasteiger partial charge is 0.259 e. The molecule has 0 radical (unpaired) electrons. The van der Waals surface area contributed by atoms with Gasteiger partial charge in [-0.3, -0.25) is 4.79 Å². The molecule has 0 spiro atoms. The molecule has 3 heterocycles. The van der Waals surface area contributed by atoms with E-state index in [1.165, 1.54) is 0 Å². The van der Waals surface area contributed by atoms with E-state index in [1.807, 2.05) is 43.3 Å². The summed E-state index contributed by atoms with van der Waals surface area (Å²) in [6.45, 7) is 2.63. The SMILES string of the molecule is COc1ccc(CNc2cc(C)c3c(n2)N(C2CC2)c2ncccc2C(=O)N3)cc1. The number of nitrogens with zero attached hydrogens (tertiary/aromatic N) is 3. The summed E-state index contributed by atoms with van der Waals surface area (Å²) < 4.78 is 5.22. The highest BCUT2D eigenvalue weighted by atomic mass is 16.5. The molecule has 1 fully saturated rings. The summed E-state index contributed by atoms with van der Waals surface area (Å²) in [7, 11) is 1.66. The molecule has 0 bridgehead atoms. The molecule has 1 aromatic carbocycles. The van der Waals surface area contributed by atoms with Crippen LogP contribution in [0.4, 0.5) is 23.1 Å². The summed E-state index contributed by atoms with van der Waals surface area (Å²) in [6.07, 6.45) is 3.85. The number of fused-ring (bicyclic) bond motifs is 2. The lowest BCUT2D eigenvalue weighted by Crippen LogP contribution is -2.23. The fourth-order valence-corrected chi connectivity index (χ4v) is 3.74. The maximum atomic E-state index is 12.8. The Hall–Kier alpha value is -3.61. The molecule has 5 rings (SSSR count). The zero-order chi connectivity index (χ0) is 20.7. The number of pyridine rings is 2. The van der Waals surface area contributed by atoms with E-state index in [2.05, 4.69) is 20.5 Å². The molecule has 1 saturated carbocycles. The number of aryl methyl sites for hydroxylation is 1. The third kappa shape index (κ3) is 3.32. The van der Waals surface area contributed by atoms with Gasteiger partial charge in [0.2, 0.25) is 0 Å². The number of aromatic nitrogens is 2. The Balaban J connectivity index is 1.50. The number of rotatable bonds is 5. The quantitative estimate of drug-likeness (QED) is 0.665. The van der Waals surface area contributed by atoms with Crippen molar-refractivity contribution in [3.8, 4) is 5.75 Å². The van der Waals surface area contributed by atoms with Gasteiger partial charge in [-0.15, -0.1) is 0 Å². The van der Waals surface area contributed by atoms with Crippen LogP contribution >= 0.6 is 0 Å². The van der Waals surface area contributed by atoms with E-state index in [-0.39, 0.29) is 5.91 Å². The number of anilines is 4. The number of benzene rings is 1. The van der Waals surface area contributed by atoms with Crippen LogP contribution in [0.15, 0.2) is 48.7 Å². The molecule has 30 heavy (non-hydrogen) atoms. The molecule has 3 aromatic rings. The van der Waals surface area contributed by atoms with Crippen molar-refractivity contribution in [1.29, 1.82) is 0 Å². The minimum Gasteiger partial charge on any atom is -0.497 e. The van der Waals surface area contributed by atoms with Gasteiger partial charge in [-0.2, -0.15) is 0 Å². The van der Waals surface area contributed by atoms with Gasteiger partial charge in [-0.25, -0.2) is 9.97 Å². The standard InChI is InChI=1S/C23H23N5O2/c1-14-12-19(25-13-15-5-9-17(30-2)10-6-15)26-22-20(14)27-23(29)18-4-3-11-24-21(18)28(22)16-7-8-16/h3-6,9-12,16H,7-8,13H2,1-2H3,(H,25,26)(H,27,29). The highest BCUT2D eigenvalue weighted by Gasteiger charge is 2.38. The number of carbonyl (C=O) groups excluding carboxylic acids is 1. The van der Waals surface area contributed by atoms with Gasteiger partial charge in [0.25, 0.3) is 5.91 Å². The van der Waals surface area contributed by atoms with E-state index in [0.29, 0.717) is 24.0 Å². The molecule has 2 aliphatic rings. The van der Waals surface area contributed by atoms with Gasteiger partial charge in [-0.05, 0) is 61.2 Å². The van der Waals surface area contributed by atoms with Crippen molar-refractivity contribution in [2.45, 2.75) is 32.4 Å². The Kier molecular flexibility index (Phi) is 4.50. The number of hydrogen-bond acceptors (Lipinski definition) is 6. The molecule has 0 atom stereocenters. The molecule has 1 aliphatic heterocycles. The predicted octanol–water partition coefficient (Wildman–Crippen LogP) is 4.27. The molecule has 2 N–H and O–H groups in total. The normalized spacial score (nSPS) is 15.0. The second kappa shape index (κ2) is 7.33. The predicted molar refractivity (Wildman–Crippen MR) is 117 cm³/mol. The van der Waals surface area contributed by atoms with E-state index in [0.717, 1.165) is 47.0 Å². The molecule has 0 unspecified atom stereocenters. The second-order valence-corrected chi connectivity index (χ2v) is 7.65. The number of amides is 1. The van der Waals surface area contributed by atoms with Crippen LogP contribution in [-0.4, -0.2) is 29.0 Å². The summed E-state index contributed by atoms with van der Waals surface area (Å²) in [6, 6.07) is 13.8. The third-order valence-corrected chi connectivity index (χ3v) is 5.47. The average Bonchev–Trinajstić information content (AvgIpc) is 3.60. The molecule has 0 saturated heterocycles. The maximum Gasteiger partial charge on any atom is 0.259 e. The van der Waals surface area contributed by atoms with Gasteiger partial charge < -0.3 is 20.3 Å². The number of ether oxygens (including phenoxy) is 1. The number of nitrogens with one attached hydrogen (secondary N) is 2. The van der Waals surface area contributed by atoms with Crippen molar-refractivity contribution in [3.63, 3.8) is 0 Å². The first kappa shape index (κ1) is 18.4. The average molecular weight is 401 g/mol. The first-order chi connectivity index (χ1) is 14.6. The van der Waals surface area contributed by atoms with Crippen LogP contribution < -0.4 is 20.3 Å². The zero-order valence-corrected chi connectivity index (χ0v) is 17.0. The zero-order valence-electron chi connectivity index (χ0n) is 17.0. The van der Waals surface area contributed by atoms with Crippen LogP contribution in [0.5, 0.6) is 5.75 Å². The van der Waals surface area contributed by atoms with Crippen molar-refractivity contribution in [1.82, 2.24) is 9.97 Å². The van der Waals surface area contributed by atoms with Crippen LogP contribution in [0.25, 0.3) is 0 Å². The summed E-state index contributed by atoms with van der Waals surface area (Å²) in [5.41, 5.74) is 3.42.